The molecular formula is C21H24N2O4. The first kappa shape index (κ1) is 17.8. The third kappa shape index (κ3) is 3.25. The molecule has 142 valence electrons. The van der Waals surface area contributed by atoms with Crippen LogP contribution in [0.25, 0.3) is 11.0 Å². The summed E-state index contributed by atoms with van der Waals surface area (Å²) in [5.74, 6) is 1.32. The second-order valence-corrected chi connectivity index (χ2v) is 7.44. The standard InChI is InChI=1S/C21H24N2O4/c1-12-5-6-18-17(7-12)14(3)20(26-18)21(24)23-10-15(19(11-23)25-4)9-16-8-13(2)22-27-16/h5-8,15,19H,9-11H2,1-4H3. The maximum Gasteiger partial charge on any atom is 0.289 e. The van der Waals surface area contributed by atoms with Gasteiger partial charge in [0.15, 0.2) is 5.76 Å². The molecule has 1 aliphatic heterocycles. The molecular weight excluding hydrogens is 344 g/mol. The van der Waals surface area contributed by atoms with Crippen molar-refractivity contribution in [2.24, 2.45) is 5.92 Å². The van der Waals surface area contributed by atoms with Crippen LogP contribution in [0.4, 0.5) is 0 Å². The molecule has 0 spiro atoms. The minimum absolute atomic E-state index is 0.0358. The molecule has 1 aromatic carbocycles. The van der Waals surface area contributed by atoms with Gasteiger partial charge in [-0.05, 0) is 32.9 Å². The molecule has 0 radical (unpaired) electrons. The molecule has 2 unspecified atom stereocenters. The molecule has 0 saturated carbocycles. The third-order valence-corrected chi connectivity index (χ3v) is 5.40. The summed E-state index contributed by atoms with van der Waals surface area (Å²) in [4.78, 5) is 14.9. The Hall–Kier alpha value is -2.60. The van der Waals surface area contributed by atoms with Crippen LogP contribution in [0.3, 0.4) is 0 Å². The normalized spacial score (nSPS) is 19.9. The average Bonchev–Trinajstić information content (AvgIpc) is 3.33. The summed E-state index contributed by atoms with van der Waals surface area (Å²) in [6.45, 7) is 7.02. The summed E-state index contributed by atoms with van der Waals surface area (Å²) in [5, 5.41) is 4.94. The minimum Gasteiger partial charge on any atom is -0.451 e. The smallest absolute Gasteiger partial charge is 0.289 e. The minimum atomic E-state index is -0.0837. The van der Waals surface area contributed by atoms with Crippen molar-refractivity contribution in [2.45, 2.75) is 33.3 Å². The fraction of sp³-hybridized carbons (Fsp3) is 0.429. The Morgan fingerprint density at radius 3 is 2.78 bits per heavy atom. The Bertz CT molecular complexity index is 987. The van der Waals surface area contributed by atoms with E-state index in [1.807, 2.05) is 43.9 Å². The van der Waals surface area contributed by atoms with Crippen LogP contribution in [0.2, 0.25) is 0 Å². The first-order valence-corrected chi connectivity index (χ1v) is 9.20. The Morgan fingerprint density at radius 1 is 1.26 bits per heavy atom. The fourth-order valence-corrected chi connectivity index (χ4v) is 3.92. The number of furan rings is 1. The van der Waals surface area contributed by atoms with Crippen LogP contribution < -0.4 is 0 Å². The van der Waals surface area contributed by atoms with Crippen molar-refractivity contribution < 1.29 is 18.5 Å². The van der Waals surface area contributed by atoms with Gasteiger partial charge >= 0.3 is 0 Å². The maximum atomic E-state index is 13.1. The van der Waals surface area contributed by atoms with Gasteiger partial charge in [-0.2, -0.15) is 0 Å². The number of aromatic nitrogens is 1. The number of carbonyl (C=O) groups is 1. The zero-order valence-electron chi connectivity index (χ0n) is 16.1. The van der Waals surface area contributed by atoms with E-state index in [9.17, 15) is 4.79 Å². The van der Waals surface area contributed by atoms with E-state index in [-0.39, 0.29) is 17.9 Å². The highest BCUT2D eigenvalue weighted by Crippen LogP contribution is 2.30. The van der Waals surface area contributed by atoms with Gasteiger partial charge in [-0.3, -0.25) is 4.79 Å². The van der Waals surface area contributed by atoms with E-state index in [1.54, 1.807) is 7.11 Å². The van der Waals surface area contributed by atoms with Crippen molar-refractivity contribution >= 4 is 16.9 Å². The summed E-state index contributed by atoms with van der Waals surface area (Å²) < 4.78 is 16.9. The van der Waals surface area contributed by atoms with Crippen molar-refractivity contribution in [1.29, 1.82) is 0 Å². The summed E-state index contributed by atoms with van der Waals surface area (Å²) in [5.41, 5.74) is 3.64. The van der Waals surface area contributed by atoms with Crippen molar-refractivity contribution in [2.75, 3.05) is 20.2 Å². The second-order valence-electron chi connectivity index (χ2n) is 7.44. The summed E-state index contributed by atoms with van der Waals surface area (Å²) >= 11 is 0. The van der Waals surface area contributed by atoms with Gasteiger partial charge in [0.1, 0.15) is 11.3 Å². The second kappa shape index (κ2) is 6.85. The average molecular weight is 368 g/mol. The molecule has 2 atom stereocenters. The Morgan fingerprint density at radius 2 is 2.07 bits per heavy atom. The molecule has 1 aliphatic rings. The molecule has 2 aromatic heterocycles. The number of ether oxygens (including phenoxy) is 1. The monoisotopic (exact) mass is 368 g/mol. The molecule has 1 amide bonds. The van der Waals surface area contributed by atoms with E-state index in [4.69, 9.17) is 13.7 Å². The summed E-state index contributed by atoms with van der Waals surface area (Å²) in [7, 11) is 1.69. The van der Waals surface area contributed by atoms with Crippen molar-refractivity contribution in [3.8, 4) is 0 Å². The lowest BCUT2D eigenvalue weighted by molar-refractivity contribution is 0.0654. The number of benzene rings is 1. The molecule has 0 aliphatic carbocycles. The number of hydrogen-bond donors (Lipinski definition) is 0. The lowest BCUT2D eigenvalue weighted by Crippen LogP contribution is -2.30. The quantitative estimate of drug-likeness (QED) is 0.703. The first-order chi connectivity index (χ1) is 13.0. The van der Waals surface area contributed by atoms with E-state index >= 15 is 0 Å². The number of fused-ring (bicyclic) bond motifs is 1. The van der Waals surface area contributed by atoms with Crippen LogP contribution in [0.1, 0.15) is 33.1 Å². The number of aryl methyl sites for hydroxylation is 3. The van der Waals surface area contributed by atoms with Gasteiger partial charge in [0.25, 0.3) is 5.91 Å². The number of nitrogens with zero attached hydrogens (tertiary/aromatic N) is 2. The molecule has 27 heavy (non-hydrogen) atoms. The Labute approximate surface area is 158 Å². The molecule has 0 bridgehead atoms. The van der Waals surface area contributed by atoms with Crippen LogP contribution in [0, 0.1) is 26.7 Å². The molecule has 4 rings (SSSR count). The molecule has 1 fully saturated rings. The van der Waals surface area contributed by atoms with Crippen LogP contribution in [-0.2, 0) is 11.2 Å². The number of likely N-dealkylation sites (tertiary alicyclic amines) is 1. The summed E-state index contributed by atoms with van der Waals surface area (Å²) in [6.07, 6.45) is 0.660. The third-order valence-electron chi connectivity index (χ3n) is 5.40. The van der Waals surface area contributed by atoms with E-state index in [0.29, 0.717) is 25.3 Å². The van der Waals surface area contributed by atoms with Gasteiger partial charge in [-0.25, -0.2) is 0 Å². The van der Waals surface area contributed by atoms with E-state index in [1.165, 1.54) is 0 Å². The van der Waals surface area contributed by atoms with E-state index in [2.05, 4.69) is 11.2 Å². The zero-order chi connectivity index (χ0) is 19.1. The topological polar surface area (TPSA) is 68.7 Å². The molecule has 3 heterocycles. The fourth-order valence-electron chi connectivity index (χ4n) is 3.92. The molecule has 6 heteroatoms. The maximum absolute atomic E-state index is 13.1. The molecule has 1 saturated heterocycles. The number of methoxy groups -OCH3 is 1. The van der Waals surface area contributed by atoms with Gasteiger partial charge < -0.3 is 18.6 Å². The predicted octanol–water partition coefficient (Wildman–Crippen LogP) is 3.68. The van der Waals surface area contributed by atoms with Crippen LogP contribution in [0.5, 0.6) is 0 Å². The predicted molar refractivity (Wildman–Crippen MR) is 101 cm³/mol. The number of rotatable bonds is 4. The van der Waals surface area contributed by atoms with Gasteiger partial charge in [-0.15, -0.1) is 0 Å². The van der Waals surface area contributed by atoms with Crippen LogP contribution in [0.15, 0.2) is 33.2 Å². The number of amides is 1. The highest BCUT2D eigenvalue weighted by molar-refractivity contribution is 5.99. The van der Waals surface area contributed by atoms with Gasteiger partial charge in [0.2, 0.25) is 0 Å². The Balaban J connectivity index is 1.56. The van der Waals surface area contributed by atoms with Gasteiger partial charge in [0, 0.05) is 49.6 Å². The van der Waals surface area contributed by atoms with Crippen LogP contribution in [-0.4, -0.2) is 42.3 Å². The summed E-state index contributed by atoms with van der Waals surface area (Å²) in [6, 6.07) is 7.90. The molecule has 0 N–H and O–H groups in total. The Kier molecular flexibility index (Phi) is 4.52. The van der Waals surface area contributed by atoms with Gasteiger partial charge in [-0.1, -0.05) is 16.8 Å². The van der Waals surface area contributed by atoms with Crippen molar-refractivity contribution in [3.63, 3.8) is 0 Å². The van der Waals surface area contributed by atoms with Crippen molar-refractivity contribution in [3.05, 3.63) is 52.6 Å². The van der Waals surface area contributed by atoms with E-state index in [0.717, 1.165) is 33.6 Å². The lowest BCUT2D eigenvalue weighted by atomic mass is 10.0. The highest BCUT2D eigenvalue weighted by atomic mass is 16.5. The number of hydrogen-bond acceptors (Lipinski definition) is 5. The first-order valence-electron chi connectivity index (χ1n) is 9.20. The van der Waals surface area contributed by atoms with Crippen LogP contribution >= 0.6 is 0 Å². The van der Waals surface area contributed by atoms with Gasteiger partial charge in [0.05, 0.1) is 11.8 Å². The highest BCUT2D eigenvalue weighted by Gasteiger charge is 2.38. The molecule has 6 nitrogen and oxygen atoms in total. The SMILES string of the molecule is COC1CN(C(=O)c2oc3ccc(C)cc3c2C)CC1Cc1cc(C)no1. The van der Waals surface area contributed by atoms with Crippen molar-refractivity contribution in [1.82, 2.24) is 10.1 Å². The lowest BCUT2D eigenvalue weighted by Gasteiger charge is -2.14. The van der Waals surface area contributed by atoms with E-state index < -0.39 is 0 Å². The zero-order valence-corrected chi connectivity index (χ0v) is 16.1. The number of carbonyl (C=O) groups excluding carboxylic acids is 1. The largest absolute Gasteiger partial charge is 0.451 e. The molecule has 3 aromatic rings.